The van der Waals surface area contributed by atoms with E-state index >= 15 is 0 Å². The number of amides is 1. The lowest BCUT2D eigenvalue weighted by Gasteiger charge is -2.20. The Morgan fingerprint density at radius 1 is 0.933 bits per heavy atom. The normalized spacial score (nSPS) is 17.9. The van der Waals surface area contributed by atoms with Crippen LogP contribution in [0.25, 0.3) is 0 Å². The number of hydrogen-bond acceptors (Lipinski definition) is 4. The van der Waals surface area contributed by atoms with Crippen molar-refractivity contribution in [1.82, 2.24) is 5.32 Å². The first kappa shape index (κ1) is 20.3. The molecule has 0 aliphatic carbocycles. The first-order valence-corrected chi connectivity index (χ1v) is 10.1. The molecule has 30 heavy (non-hydrogen) atoms. The van der Waals surface area contributed by atoms with Crippen LogP contribution in [-0.2, 0) is 4.79 Å². The minimum Gasteiger partial charge on any atom is -0.483 e. The van der Waals surface area contributed by atoms with Crippen LogP contribution in [0.5, 0.6) is 5.75 Å². The molecular weight excluding hydrogens is 421 g/mol. The van der Waals surface area contributed by atoms with Crippen molar-refractivity contribution < 1.29 is 9.53 Å². The third-order valence-corrected chi connectivity index (χ3v) is 5.33. The molecule has 0 saturated heterocycles. The zero-order valence-electron chi connectivity index (χ0n) is 15.9. The number of nitrogens with two attached hydrogens (primary N) is 1. The first-order chi connectivity index (χ1) is 14.5. The molecule has 1 amide bonds. The maximum absolute atomic E-state index is 11.2. The van der Waals surface area contributed by atoms with Crippen molar-refractivity contribution in [1.29, 1.82) is 0 Å². The summed E-state index contributed by atoms with van der Waals surface area (Å²) in [6.45, 7) is -0.203. The number of nitrogens with zero attached hydrogens (tertiary/aromatic N) is 1. The van der Waals surface area contributed by atoms with E-state index in [1.807, 2.05) is 66.7 Å². The minimum atomic E-state index is -0.538. The van der Waals surface area contributed by atoms with Gasteiger partial charge in [0, 0.05) is 10.0 Å². The molecule has 1 aliphatic heterocycles. The van der Waals surface area contributed by atoms with Gasteiger partial charge in [-0.2, -0.15) is 0 Å². The van der Waals surface area contributed by atoms with Crippen LogP contribution in [0.2, 0.25) is 10.0 Å². The van der Waals surface area contributed by atoms with E-state index in [4.69, 9.17) is 38.7 Å². The summed E-state index contributed by atoms with van der Waals surface area (Å²) in [5.74, 6) is 0.674. The summed E-state index contributed by atoms with van der Waals surface area (Å²) in [4.78, 5) is 16.1. The monoisotopic (exact) mass is 439 g/mol. The quantitative estimate of drug-likeness (QED) is 0.584. The van der Waals surface area contributed by atoms with Gasteiger partial charge in [0.15, 0.2) is 6.61 Å². The van der Waals surface area contributed by atoms with Crippen molar-refractivity contribution in [2.24, 2.45) is 10.7 Å². The largest absolute Gasteiger partial charge is 0.483 e. The van der Waals surface area contributed by atoms with Crippen molar-refractivity contribution in [3.05, 3.63) is 99.5 Å². The summed E-state index contributed by atoms with van der Waals surface area (Å²) in [5.41, 5.74) is 8.07. The Morgan fingerprint density at radius 2 is 1.53 bits per heavy atom. The second-order valence-electron chi connectivity index (χ2n) is 6.90. The van der Waals surface area contributed by atoms with Crippen LogP contribution in [0.3, 0.4) is 0 Å². The van der Waals surface area contributed by atoms with Crippen LogP contribution >= 0.6 is 23.2 Å². The lowest BCUT2D eigenvalue weighted by molar-refractivity contribution is -0.119. The predicted octanol–water partition coefficient (Wildman–Crippen LogP) is 4.69. The predicted molar refractivity (Wildman–Crippen MR) is 119 cm³/mol. The second kappa shape index (κ2) is 8.78. The molecule has 0 aromatic heterocycles. The highest BCUT2D eigenvalue weighted by Crippen LogP contribution is 2.38. The molecule has 3 aromatic carbocycles. The van der Waals surface area contributed by atoms with Crippen molar-refractivity contribution >= 4 is 34.9 Å². The summed E-state index contributed by atoms with van der Waals surface area (Å²) < 4.78 is 5.59. The number of carbonyl (C=O) groups is 1. The van der Waals surface area contributed by atoms with E-state index in [9.17, 15) is 4.79 Å². The lowest BCUT2D eigenvalue weighted by atomic mass is 9.95. The molecule has 0 saturated carbocycles. The number of halogens is 2. The molecule has 0 fully saturated rings. The Morgan fingerprint density at radius 3 is 2.17 bits per heavy atom. The van der Waals surface area contributed by atoms with Gasteiger partial charge >= 0.3 is 0 Å². The summed E-state index contributed by atoms with van der Waals surface area (Å²) in [5, 5.41) is 4.85. The second-order valence-corrected chi connectivity index (χ2v) is 7.77. The SMILES string of the molecule is NC(=O)COc1ccccc1C1=N[C@@H](c2ccc(Cl)cc2)[C@@H](c2ccc(Cl)cc2)N1. The van der Waals surface area contributed by atoms with E-state index in [1.54, 1.807) is 6.07 Å². The number of carbonyl (C=O) groups excluding carboxylic acids is 1. The van der Waals surface area contributed by atoms with Gasteiger partial charge in [0.25, 0.3) is 5.91 Å². The molecule has 7 heteroatoms. The van der Waals surface area contributed by atoms with E-state index in [-0.39, 0.29) is 18.7 Å². The van der Waals surface area contributed by atoms with Gasteiger partial charge in [-0.25, -0.2) is 0 Å². The van der Waals surface area contributed by atoms with E-state index in [0.29, 0.717) is 21.6 Å². The van der Waals surface area contributed by atoms with Gasteiger partial charge in [0.2, 0.25) is 0 Å². The zero-order chi connectivity index (χ0) is 21.1. The van der Waals surface area contributed by atoms with E-state index in [2.05, 4.69) is 5.32 Å². The maximum atomic E-state index is 11.2. The highest BCUT2D eigenvalue weighted by Gasteiger charge is 2.32. The number of aliphatic imine (C=N–C) groups is 1. The summed E-state index contributed by atoms with van der Waals surface area (Å²) >= 11 is 12.2. The zero-order valence-corrected chi connectivity index (χ0v) is 17.4. The number of benzene rings is 3. The van der Waals surface area contributed by atoms with Crippen molar-refractivity contribution in [3.63, 3.8) is 0 Å². The molecule has 0 spiro atoms. The molecule has 3 N–H and O–H groups in total. The molecule has 1 aliphatic rings. The number of rotatable bonds is 6. The number of hydrogen-bond donors (Lipinski definition) is 2. The Kier molecular flexibility index (Phi) is 5.93. The maximum Gasteiger partial charge on any atom is 0.255 e. The smallest absolute Gasteiger partial charge is 0.255 e. The molecule has 3 aromatic rings. The summed E-state index contributed by atoms with van der Waals surface area (Å²) in [6.07, 6.45) is 0. The molecule has 5 nitrogen and oxygen atoms in total. The number of primary amides is 1. The topological polar surface area (TPSA) is 76.7 Å². The number of amidine groups is 1. The van der Waals surface area contributed by atoms with Gasteiger partial charge in [0.05, 0.1) is 11.6 Å². The molecule has 152 valence electrons. The molecule has 2 atom stereocenters. The van der Waals surface area contributed by atoms with Crippen LogP contribution in [0.1, 0.15) is 28.8 Å². The van der Waals surface area contributed by atoms with E-state index < -0.39 is 5.91 Å². The fraction of sp³-hybridized carbons (Fsp3) is 0.130. The fourth-order valence-electron chi connectivity index (χ4n) is 3.42. The molecule has 4 rings (SSSR count). The van der Waals surface area contributed by atoms with Crippen molar-refractivity contribution in [2.75, 3.05) is 6.61 Å². The van der Waals surface area contributed by atoms with Gasteiger partial charge in [-0.3, -0.25) is 9.79 Å². The fourth-order valence-corrected chi connectivity index (χ4v) is 3.68. The van der Waals surface area contributed by atoms with Gasteiger partial charge in [-0.05, 0) is 47.5 Å². The van der Waals surface area contributed by atoms with Gasteiger partial charge < -0.3 is 15.8 Å². The number of para-hydroxylation sites is 1. The Labute approximate surface area is 184 Å². The Hall–Kier alpha value is -3.02. The molecular formula is C23H19Cl2N3O2. The van der Waals surface area contributed by atoms with Gasteiger partial charge in [-0.1, -0.05) is 59.6 Å². The van der Waals surface area contributed by atoms with Crippen LogP contribution in [0.15, 0.2) is 77.8 Å². The first-order valence-electron chi connectivity index (χ1n) is 9.37. The van der Waals surface area contributed by atoms with Crippen LogP contribution < -0.4 is 15.8 Å². The molecule has 0 unspecified atom stereocenters. The average Bonchev–Trinajstić information content (AvgIpc) is 3.19. The molecule has 0 bridgehead atoms. The third kappa shape index (κ3) is 4.42. The highest BCUT2D eigenvalue weighted by atomic mass is 35.5. The van der Waals surface area contributed by atoms with Crippen molar-refractivity contribution in [3.8, 4) is 5.75 Å². The Balaban J connectivity index is 1.73. The van der Waals surface area contributed by atoms with Gasteiger partial charge in [0.1, 0.15) is 17.6 Å². The van der Waals surface area contributed by atoms with Crippen LogP contribution in [0.4, 0.5) is 0 Å². The minimum absolute atomic E-state index is 0.109. The lowest BCUT2D eigenvalue weighted by Crippen LogP contribution is -2.26. The van der Waals surface area contributed by atoms with Crippen LogP contribution in [-0.4, -0.2) is 18.3 Å². The van der Waals surface area contributed by atoms with E-state index in [1.165, 1.54) is 0 Å². The summed E-state index contributed by atoms with van der Waals surface area (Å²) in [7, 11) is 0. The molecule has 1 heterocycles. The number of ether oxygens (including phenoxy) is 1. The van der Waals surface area contributed by atoms with Crippen LogP contribution in [0, 0.1) is 0 Å². The molecule has 0 radical (unpaired) electrons. The number of nitrogens with one attached hydrogen (secondary N) is 1. The summed E-state index contributed by atoms with van der Waals surface area (Å²) in [6, 6.07) is 22.5. The third-order valence-electron chi connectivity index (χ3n) is 4.83. The Bertz CT molecular complexity index is 1080. The van der Waals surface area contributed by atoms with E-state index in [0.717, 1.165) is 16.7 Å². The highest BCUT2D eigenvalue weighted by molar-refractivity contribution is 6.30. The van der Waals surface area contributed by atoms with Crippen molar-refractivity contribution in [2.45, 2.75) is 12.1 Å². The van der Waals surface area contributed by atoms with Gasteiger partial charge in [-0.15, -0.1) is 0 Å². The standard InChI is InChI=1S/C23H19Cl2N3O2/c24-16-9-5-14(6-10-16)21-22(15-7-11-17(25)12-8-15)28-23(27-21)18-3-1-2-4-19(18)30-13-20(26)29/h1-12,21-22H,13H2,(H2,26,29)(H,27,28)/t21-,22+. The average molecular weight is 440 g/mol.